The minimum absolute atomic E-state index is 0.0267. The van der Waals surface area contributed by atoms with Crippen molar-refractivity contribution in [3.63, 3.8) is 0 Å². The van der Waals surface area contributed by atoms with Gasteiger partial charge in [0.15, 0.2) is 11.3 Å². The summed E-state index contributed by atoms with van der Waals surface area (Å²) in [5.74, 6) is -0.860. The smallest absolute Gasteiger partial charge is 0.349 e. The molecule has 31 heavy (non-hydrogen) atoms. The number of halogens is 1. The minimum atomic E-state index is -0.860. The lowest BCUT2D eigenvalue weighted by Crippen LogP contribution is -2.49. The molecule has 10 heteroatoms. The first-order valence-corrected chi connectivity index (χ1v) is 9.48. The summed E-state index contributed by atoms with van der Waals surface area (Å²) >= 11 is 0. The minimum Gasteiger partial charge on any atom is -0.493 e. The van der Waals surface area contributed by atoms with Crippen molar-refractivity contribution in [2.75, 3.05) is 38.2 Å². The monoisotopic (exact) mass is 427 g/mol. The number of para-hydroxylation sites is 1. The van der Waals surface area contributed by atoms with E-state index in [0.717, 1.165) is 6.07 Å². The summed E-state index contributed by atoms with van der Waals surface area (Å²) in [5, 5.41) is 11.4. The molecule has 0 spiro atoms. The van der Waals surface area contributed by atoms with Gasteiger partial charge in [-0.3, -0.25) is 14.9 Å². The molecule has 0 atom stereocenters. The summed E-state index contributed by atoms with van der Waals surface area (Å²) in [5.41, 5.74) is -0.857. The molecular formula is C21H18FN3O6. The molecule has 1 amide bonds. The topological polar surface area (TPSA) is 106 Å². The number of fused-ring (bicyclic) bond motifs is 1. The summed E-state index contributed by atoms with van der Waals surface area (Å²) in [7, 11) is 1.30. The number of piperazine rings is 1. The number of carbonyl (C=O) groups is 1. The van der Waals surface area contributed by atoms with Gasteiger partial charge in [-0.25, -0.2) is 9.18 Å². The van der Waals surface area contributed by atoms with Gasteiger partial charge in [-0.1, -0.05) is 12.1 Å². The molecule has 2 aromatic carbocycles. The zero-order chi connectivity index (χ0) is 22.1. The first kappa shape index (κ1) is 20.3. The number of hydrogen-bond donors (Lipinski definition) is 0. The van der Waals surface area contributed by atoms with Crippen molar-refractivity contribution in [1.29, 1.82) is 0 Å². The summed E-state index contributed by atoms with van der Waals surface area (Å²) in [6, 6.07) is 10.0. The van der Waals surface area contributed by atoms with E-state index in [1.807, 2.05) is 4.90 Å². The third-order valence-corrected chi connectivity index (χ3v) is 5.20. The third kappa shape index (κ3) is 3.79. The first-order chi connectivity index (χ1) is 14.9. The van der Waals surface area contributed by atoms with Crippen LogP contribution in [0.4, 0.5) is 15.8 Å². The number of nitro groups is 1. The molecule has 3 aromatic rings. The number of nitro benzene ring substituents is 1. The molecule has 0 unspecified atom stereocenters. The van der Waals surface area contributed by atoms with E-state index in [2.05, 4.69) is 0 Å². The highest BCUT2D eigenvalue weighted by atomic mass is 19.1. The maximum Gasteiger partial charge on any atom is 0.349 e. The van der Waals surface area contributed by atoms with E-state index < -0.39 is 16.5 Å². The Morgan fingerprint density at radius 1 is 1.16 bits per heavy atom. The fraction of sp³-hybridized carbons (Fsp3) is 0.238. The van der Waals surface area contributed by atoms with Gasteiger partial charge < -0.3 is 19.0 Å². The zero-order valence-electron chi connectivity index (χ0n) is 16.5. The Balaban J connectivity index is 1.61. The highest BCUT2D eigenvalue weighted by Gasteiger charge is 2.27. The molecular weight excluding hydrogens is 409 g/mol. The third-order valence-electron chi connectivity index (χ3n) is 5.20. The Morgan fingerprint density at radius 3 is 2.52 bits per heavy atom. The number of carbonyl (C=O) groups excluding carboxylic acids is 1. The number of methoxy groups -OCH3 is 1. The SMILES string of the molecule is COc1cc([N+](=O)[O-])cc2cc(C(=O)N3CCN(c4ccccc4F)CC3)c(=O)oc12. The van der Waals surface area contributed by atoms with E-state index in [-0.39, 0.29) is 46.9 Å². The van der Waals surface area contributed by atoms with Crippen molar-refractivity contribution in [1.82, 2.24) is 4.90 Å². The zero-order valence-corrected chi connectivity index (χ0v) is 16.5. The second-order valence-corrected chi connectivity index (χ2v) is 7.00. The van der Waals surface area contributed by atoms with Crippen LogP contribution in [0.3, 0.4) is 0 Å². The number of hydrogen-bond acceptors (Lipinski definition) is 7. The van der Waals surface area contributed by atoms with Crippen LogP contribution in [0.1, 0.15) is 10.4 Å². The molecule has 0 radical (unpaired) electrons. The molecule has 0 N–H and O–H groups in total. The molecule has 160 valence electrons. The summed E-state index contributed by atoms with van der Waals surface area (Å²) < 4.78 is 24.4. The molecule has 4 rings (SSSR count). The second-order valence-electron chi connectivity index (χ2n) is 7.00. The molecule has 0 saturated carbocycles. The molecule has 1 saturated heterocycles. The second kappa shape index (κ2) is 8.05. The number of benzene rings is 2. The van der Waals surface area contributed by atoms with Gasteiger partial charge in [-0.15, -0.1) is 0 Å². The van der Waals surface area contributed by atoms with Crippen LogP contribution < -0.4 is 15.3 Å². The number of amides is 1. The van der Waals surface area contributed by atoms with Crippen LogP contribution in [0.25, 0.3) is 11.0 Å². The van der Waals surface area contributed by atoms with Crippen molar-refractivity contribution >= 4 is 28.3 Å². The maximum atomic E-state index is 14.0. The van der Waals surface area contributed by atoms with Crippen LogP contribution in [-0.4, -0.2) is 49.0 Å². The van der Waals surface area contributed by atoms with Crippen molar-refractivity contribution in [2.24, 2.45) is 0 Å². The standard InChI is InChI=1S/C21H18FN3O6/c1-30-18-12-14(25(28)29)10-13-11-15(21(27)31-19(13)18)20(26)24-8-6-23(7-9-24)17-5-3-2-4-16(17)22/h2-5,10-12H,6-9H2,1H3. The van der Waals surface area contributed by atoms with E-state index in [9.17, 15) is 24.1 Å². The normalized spacial score (nSPS) is 14.0. The van der Waals surface area contributed by atoms with Crippen molar-refractivity contribution < 1.29 is 23.3 Å². The molecule has 1 aliphatic rings. The average Bonchev–Trinajstić information content (AvgIpc) is 2.78. The van der Waals surface area contributed by atoms with Crippen LogP contribution in [0.5, 0.6) is 5.75 Å². The predicted octanol–water partition coefficient (Wildman–Crippen LogP) is 2.81. The van der Waals surface area contributed by atoms with Gasteiger partial charge in [0.2, 0.25) is 0 Å². The highest BCUT2D eigenvalue weighted by molar-refractivity contribution is 5.98. The molecule has 1 fully saturated rings. The lowest BCUT2D eigenvalue weighted by Gasteiger charge is -2.36. The van der Waals surface area contributed by atoms with Gasteiger partial charge in [-0.05, 0) is 18.2 Å². The summed E-state index contributed by atoms with van der Waals surface area (Å²) in [4.78, 5) is 39.3. The number of ether oxygens (including phenoxy) is 1. The van der Waals surface area contributed by atoms with E-state index in [1.54, 1.807) is 18.2 Å². The van der Waals surface area contributed by atoms with Gasteiger partial charge >= 0.3 is 5.63 Å². The molecule has 1 aromatic heterocycles. The maximum absolute atomic E-state index is 14.0. The fourth-order valence-electron chi connectivity index (χ4n) is 3.62. The Bertz CT molecular complexity index is 1230. The van der Waals surface area contributed by atoms with Crippen LogP contribution in [-0.2, 0) is 0 Å². The predicted molar refractivity (Wildman–Crippen MR) is 110 cm³/mol. The van der Waals surface area contributed by atoms with E-state index >= 15 is 0 Å². The van der Waals surface area contributed by atoms with Gasteiger partial charge in [0, 0.05) is 37.6 Å². The van der Waals surface area contributed by atoms with Crippen LogP contribution in [0, 0.1) is 15.9 Å². The quantitative estimate of drug-likeness (QED) is 0.358. The Morgan fingerprint density at radius 2 is 1.87 bits per heavy atom. The van der Waals surface area contributed by atoms with Crippen LogP contribution in [0.15, 0.2) is 51.7 Å². The molecule has 0 aliphatic carbocycles. The van der Waals surface area contributed by atoms with Gasteiger partial charge in [-0.2, -0.15) is 0 Å². The van der Waals surface area contributed by atoms with E-state index in [0.29, 0.717) is 18.8 Å². The lowest BCUT2D eigenvalue weighted by atomic mass is 10.1. The van der Waals surface area contributed by atoms with Gasteiger partial charge in [0.05, 0.1) is 23.8 Å². The van der Waals surface area contributed by atoms with Crippen molar-refractivity contribution in [3.8, 4) is 5.75 Å². The summed E-state index contributed by atoms with van der Waals surface area (Å²) in [6.45, 7) is 1.35. The van der Waals surface area contributed by atoms with Crippen molar-refractivity contribution in [2.45, 2.75) is 0 Å². The fourth-order valence-corrected chi connectivity index (χ4v) is 3.62. The number of nitrogens with zero attached hydrogens (tertiary/aromatic N) is 3. The average molecular weight is 427 g/mol. The van der Waals surface area contributed by atoms with Crippen LogP contribution >= 0.6 is 0 Å². The van der Waals surface area contributed by atoms with E-state index in [1.165, 1.54) is 30.2 Å². The largest absolute Gasteiger partial charge is 0.493 e. The molecule has 0 bridgehead atoms. The highest BCUT2D eigenvalue weighted by Crippen LogP contribution is 2.31. The number of rotatable bonds is 4. The first-order valence-electron chi connectivity index (χ1n) is 9.48. The molecule has 9 nitrogen and oxygen atoms in total. The van der Waals surface area contributed by atoms with Crippen LogP contribution in [0.2, 0.25) is 0 Å². The molecule has 1 aliphatic heterocycles. The summed E-state index contributed by atoms with van der Waals surface area (Å²) in [6.07, 6.45) is 0. The molecule has 2 heterocycles. The number of non-ortho nitro benzene ring substituents is 1. The van der Waals surface area contributed by atoms with Gasteiger partial charge in [0.25, 0.3) is 11.6 Å². The lowest BCUT2D eigenvalue weighted by molar-refractivity contribution is -0.384. The number of anilines is 1. The Hall–Kier alpha value is -3.95. The Kier molecular flexibility index (Phi) is 5.28. The van der Waals surface area contributed by atoms with E-state index in [4.69, 9.17) is 9.15 Å². The van der Waals surface area contributed by atoms with Gasteiger partial charge in [0.1, 0.15) is 11.4 Å². The Labute approximate surface area is 175 Å². The van der Waals surface area contributed by atoms with Crippen molar-refractivity contribution in [3.05, 3.63) is 74.4 Å².